The lowest BCUT2D eigenvalue weighted by Gasteiger charge is -2.08. The average molecular weight is 288 g/mol. The summed E-state index contributed by atoms with van der Waals surface area (Å²) in [5, 5.41) is 7.20. The molecule has 2 aromatic rings. The number of aryl methyl sites for hydroxylation is 1. The second kappa shape index (κ2) is 4.50. The number of nitrogens with two attached hydrogens (primary N) is 1. The van der Waals surface area contributed by atoms with Crippen molar-refractivity contribution in [2.24, 2.45) is 0 Å². The van der Waals surface area contributed by atoms with Crippen LogP contribution in [-0.4, -0.2) is 18.6 Å². The van der Waals surface area contributed by atoms with Crippen LogP contribution in [0.15, 0.2) is 22.5 Å². The molecule has 0 aliphatic carbocycles. The molecule has 0 fully saturated rings. The Balaban J connectivity index is 2.42. The fourth-order valence-electron chi connectivity index (χ4n) is 1.31. The number of halogens is 1. The summed E-state index contributed by atoms with van der Waals surface area (Å²) in [5.74, 6) is -0.620. The minimum absolute atomic E-state index is 0.117. The number of nitrogens with zero attached hydrogens (tertiary/aromatic N) is 2. The van der Waals surface area contributed by atoms with Crippen molar-refractivity contribution in [3.8, 4) is 0 Å². The molecular formula is C9H9FN4O2S2. The monoisotopic (exact) mass is 288 g/mol. The number of aromatic nitrogens is 2. The molecule has 1 aromatic heterocycles. The molecule has 2 rings (SSSR count). The number of anilines is 2. The van der Waals surface area contributed by atoms with E-state index in [0.717, 1.165) is 17.4 Å². The number of rotatable bonds is 3. The van der Waals surface area contributed by atoms with Gasteiger partial charge in [-0.2, -0.15) is 0 Å². The predicted molar refractivity (Wildman–Crippen MR) is 66.3 cm³/mol. The minimum Gasteiger partial charge on any atom is -0.396 e. The zero-order valence-corrected chi connectivity index (χ0v) is 10.8. The van der Waals surface area contributed by atoms with Gasteiger partial charge in [-0.15, -0.1) is 10.2 Å². The SMILES string of the molecule is Cc1cc(S(=O)(=O)Nc2nncs2)cc(N)c1F. The number of hydrogen-bond acceptors (Lipinski definition) is 6. The van der Waals surface area contributed by atoms with Crippen LogP contribution in [-0.2, 0) is 10.0 Å². The van der Waals surface area contributed by atoms with E-state index in [-0.39, 0.29) is 21.3 Å². The number of benzene rings is 1. The highest BCUT2D eigenvalue weighted by atomic mass is 32.2. The van der Waals surface area contributed by atoms with Gasteiger partial charge in [0.2, 0.25) is 5.13 Å². The predicted octanol–water partition coefficient (Wildman–Crippen LogP) is 1.37. The lowest BCUT2D eigenvalue weighted by Crippen LogP contribution is -2.14. The molecule has 18 heavy (non-hydrogen) atoms. The zero-order chi connectivity index (χ0) is 13.3. The Kier molecular flexibility index (Phi) is 3.18. The van der Waals surface area contributed by atoms with Crippen LogP contribution in [0.2, 0.25) is 0 Å². The summed E-state index contributed by atoms with van der Waals surface area (Å²) in [5.41, 5.74) is 6.73. The Labute approximate surface area is 107 Å². The van der Waals surface area contributed by atoms with Gasteiger partial charge in [0.05, 0.1) is 10.6 Å². The van der Waals surface area contributed by atoms with E-state index in [2.05, 4.69) is 14.9 Å². The van der Waals surface area contributed by atoms with Crippen LogP contribution in [0.4, 0.5) is 15.2 Å². The molecule has 0 unspecified atom stereocenters. The number of sulfonamides is 1. The molecule has 6 nitrogen and oxygen atoms in total. The highest BCUT2D eigenvalue weighted by Gasteiger charge is 2.18. The van der Waals surface area contributed by atoms with E-state index in [9.17, 15) is 12.8 Å². The quantitative estimate of drug-likeness (QED) is 0.831. The molecule has 0 saturated heterocycles. The Morgan fingerprint density at radius 3 is 2.72 bits per heavy atom. The van der Waals surface area contributed by atoms with Gasteiger partial charge in [-0.1, -0.05) is 11.3 Å². The van der Waals surface area contributed by atoms with Gasteiger partial charge in [0.15, 0.2) is 0 Å². The first-order chi connectivity index (χ1) is 8.40. The highest BCUT2D eigenvalue weighted by Crippen LogP contribution is 2.23. The molecule has 96 valence electrons. The molecule has 0 amide bonds. The van der Waals surface area contributed by atoms with Crippen molar-refractivity contribution in [3.05, 3.63) is 29.0 Å². The first-order valence-electron chi connectivity index (χ1n) is 4.75. The van der Waals surface area contributed by atoms with Crippen LogP contribution in [0.5, 0.6) is 0 Å². The molecule has 0 bridgehead atoms. The van der Waals surface area contributed by atoms with Gasteiger partial charge >= 0.3 is 0 Å². The Morgan fingerprint density at radius 1 is 1.44 bits per heavy atom. The van der Waals surface area contributed by atoms with Gasteiger partial charge < -0.3 is 5.73 Å². The van der Waals surface area contributed by atoms with E-state index in [1.165, 1.54) is 18.5 Å². The van der Waals surface area contributed by atoms with Crippen molar-refractivity contribution in [1.29, 1.82) is 0 Å². The summed E-state index contributed by atoms with van der Waals surface area (Å²) in [6, 6.07) is 2.26. The third kappa shape index (κ3) is 2.41. The summed E-state index contributed by atoms with van der Waals surface area (Å²) in [4.78, 5) is -0.117. The molecule has 0 atom stereocenters. The molecule has 0 spiro atoms. The van der Waals surface area contributed by atoms with Crippen molar-refractivity contribution < 1.29 is 12.8 Å². The maximum Gasteiger partial charge on any atom is 0.263 e. The van der Waals surface area contributed by atoms with E-state index >= 15 is 0 Å². The molecule has 3 N–H and O–H groups in total. The smallest absolute Gasteiger partial charge is 0.263 e. The fraction of sp³-hybridized carbons (Fsp3) is 0.111. The molecule has 9 heteroatoms. The maximum atomic E-state index is 13.3. The van der Waals surface area contributed by atoms with Gasteiger partial charge in [-0.3, -0.25) is 4.72 Å². The van der Waals surface area contributed by atoms with Crippen LogP contribution >= 0.6 is 11.3 Å². The van der Waals surface area contributed by atoms with Crippen molar-refractivity contribution in [1.82, 2.24) is 10.2 Å². The molecular weight excluding hydrogens is 279 g/mol. The van der Waals surface area contributed by atoms with Gasteiger partial charge in [0.1, 0.15) is 11.3 Å². The van der Waals surface area contributed by atoms with E-state index in [1.54, 1.807) is 0 Å². The summed E-state index contributed by atoms with van der Waals surface area (Å²) >= 11 is 1.04. The largest absolute Gasteiger partial charge is 0.396 e. The third-order valence-electron chi connectivity index (χ3n) is 2.15. The van der Waals surface area contributed by atoms with Gasteiger partial charge in [0, 0.05) is 0 Å². The zero-order valence-electron chi connectivity index (χ0n) is 9.21. The Hall–Kier alpha value is -1.74. The molecule has 0 aliphatic heterocycles. The van der Waals surface area contributed by atoms with Gasteiger partial charge in [0.25, 0.3) is 10.0 Å². The number of hydrogen-bond donors (Lipinski definition) is 2. The van der Waals surface area contributed by atoms with Crippen LogP contribution in [0, 0.1) is 12.7 Å². The van der Waals surface area contributed by atoms with E-state index in [0.29, 0.717) is 0 Å². The highest BCUT2D eigenvalue weighted by molar-refractivity contribution is 7.93. The van der Waals surface area contributed by atoms with Crippen LogP contribution in [0.25, 0.3) is 0 Å². The molecule has 1 heterocycles. The maximum absolute atomic E-state index is 13.3. The summed E-state index contributed by atoms with van der Waals surface area (Å²) in [6.45, 7) is 1.44. The number of nitrogen functional groups attached to an aromatic ring is 1. The number of nitrogens with one attached hydrogen (secondary N) is 1. The molecule has 0 aliphatic rings. The van der Waals surface area contributed by atoms with Crippen molar-refractivity contribution in [3.63, 3.8) is 0 Å². The Bertz CT molecular complexity index is 647. The van der Waals surface area contributed by atoms with Gasteiger partial charge in [-0.05, 0) is 24.6 Å². The van der Waals surface area contributed by atoms with E-state index in [1.807, 2.05) is 0 Å². The summed E-state index contributed by atoms with van der Waals surface area (Å²) in [6.07, 6.45) is 0. The molecule has 0 radical (unpaired) electrons. The van der Waals surface area contributed by atoms with E-state index < -0.39 is 15.8 Å². The third-order valence-corrected chi connectivity index (χ3v) is 4.20. The summed E-state index contributed by atoms with van der Waals surface area (Å²) < 4.78 is 39.5. The van der Waals surface area contributed by atoms with E-state index in [4.69, 9.17) is 5.73 Å². The average Bonchev–Trinajstić information content (AvgIpc) is 2.77. The Morgan fingerprint density at radius 2 is 2.17 bits per heavy atom. The normalized spacial score (nSPS) is 11.4. The first-order valence-corrected chi connectivity index (χ1v) is 7.11. The second-order valence-corrected chi connectivity index (χ2v) is 6.01. The lowest BCUT2D eigenvalue weighted by molar-refractivity contribution is 0.599. The molecule has 1 aromatic carbocycles. The van der Waals surface area contributed by atoms with Crippen LogP contribution < -0.4 is 10.5 Å². The summed E-state index contributed by atoms with van der Waals surface area (Å²) in [7, 11) is -3.83. The van der Waals surface area contributed by atoms with Gasteiger partial charge in [-0.25, -0.2) is 12.8 Å². The fourth-order valence-corrected chi connectivity index (χ4v) is 3.12. The lowest BCUT2D eigenvalue weighted by atomic mass is 10.2. The van der Waals surface area contributed by atoms with Crippen LogP contribution in [0.3, 0.4) is 0 Å². The van der Waals surface area contributed by atoms with Crippen molar-refractivity contribution in [2.75, 3.05) is 10.5 Å². The first kappa shape index (κ1) is 12.7. The second-order valence-electron chi connectivity index (χ2n) is 3.49. The van der Waals surface area contributed by atoms with Crippen molar-refractivity contribution >= 4 is 32.2 Å². The standard InChI is InChI=1S/C9H9FN4O2S2/c1-5-2-6(3-7(11)8(5)10)18(15,16)14-9-13-12-4-17-9/h2-4H,11H2,1H3,(H,13,14). The molecule has 0 saturated carbocycles. The minimum atomic E-state index is -3.83. The van der Waals surface area contributed by atoms with Crippen LogP contribution in [0.1, 0.15) is 5.56 Å². The topological polar surface area (TPSA) is 98.0 Å². The van der Waals surface area contributed by atoms with Crippen molar-refractivity contribution in [2.45, 2.75) is 11.8 Å².